The highest BCUT2D eigenvalue weighted by Gasteiger charge is 2.19. The van der Waals surface area contributed by atoms with Crippen LogP contribution in [0.2, 0.25) is 0 Å². The van der Waals surface area contributed by atoms with E-state index in [2.05, 4.69) is 27.0 Å². The molecule has 18 heavy (non-hydrogen) atoms. The second-order valence-corrected chi connectivity index (χ2v) is 5.55. The smallest absolute Gasteiger partial charge is 0.131 e. The topological polar surface area (TPSA) is 38.1 Å². The molecular formula is C14H15BrN2O. The molecule has 3 rings (SSSR count). The van der Waals surface area contributed by atoms with E-state index in [1.807, 2.05) is 29.0 Å². The molecule has 0 fully saturated rings. The lowest BCUT2D eigenvalue weighted by molar-refractivity contribution is 0.0780. The lowest BCUT2D eigenvalue weighted by Crippen LogP contribution is -2.16. The molecule has 0 radical (unpaired) electrons. The number of aromatic nitrogens is 2. The van der Waals surface area contributed by atoms with Crippen molar-refractivity contribution in [1.82, 2.24) is 9.55 Å². The van der Waals surface area contributed by atoms with Crippen LogP contribution in [-0.2, 0) is 12.8 Å². The van der Waals surface area contributed by atoms with Crippen molar-refractivity contribution in [3.63, 3.8) is 0 Å². The summed E-state index contributed by atoms with van der Waals surface area (Å²) < 4.78 is 3.02. The fourth-order valence-corrected chi connectivity index (χ4v) is 2.86. The minimum Gasteiger partial charge on any atom is -0.373 e. The van der Waals surface area contributed by atoms with Crippen molar-refractivity contribution in [3.05, 3.63) is 52.0 Å². The van der Waals surface area contributed by atoms with Gasteiger partial charge in [0.2, 0.25) is 0 Å². The molecule has 0 spiro atoms. The first-order chi connectivity index (χ1) is 8.74. The van der Waals surface area contributed by atoms with E-state index in [-0.39, 0.29) is 0 Å². The Morgan fingerprint density at radius 1 is 1.39 bits per heavy atom. The first kappa shape index (κ1) is 11.9. The van der Waals surface area contributed by atoms with Crippen LogP contribution in [0.5, 0.6) is 0 Å². The van der Waals surface area contributed by atoms with Gasteiger partial charge in [-0.2, -0.15) is 0 Å². The molecule has 94 valence electrons. The summed E-state index contributed by atoms with van der Waals surface area (Å²) in [6.45, 7) is 0. The number of aliphatic hydroxyl groups is 1. The SMILES string of the molecule is OC1CCCc2nc(Cc3ccccc3Br)cn21. The molecular weight excluding hydrogens is 292 g/mol. The molecule has 0 saturated heterocycles. The zero-order valence-electron chi connectivity index (χ0n) is 10.0. The van der Waals surface area contributed by atoms with Crippen LogP contribution in [0, 0.1) is 0 Å². The molecule has 4 heteroatoms. The Kier molecular flexibility index (Phi) is 3.22. The standard InChI is InChI=1S/C14H15BrN2O/c15-12-5-2-1-4-10(12)8-11-9-17-13(16-11)6-3-7-14(17)18/h1-2,4-5,9,14,18H,3,6-8H2. The van der Waals surface area contributed by atoms with Gasteiger partial charge in [-0.05, 0) is 24.5 Å². The Morgan fingerprint density at radius 2 is 2.22 bits per heavy atom. The Balaban J connectivity index is 1.88. The summed E-state index contributed by atoms with van der Waals surface area (Å²) >= 11 is 3.55. The normalized spacial score (nSPS) is 18.7. The van der Waals surface area contributed by atoms with E-state index >= 15 is 0 Å². The summed E-state index contributed by atoms with van der Waals surface area (Å²) in [6.07, 6.45) is 5.21. The number of imidazole rings is 1. The molecule has 3 nitrogen and oxygen atoms in total. The minimum atomic E-state index is -0.394. The molecule has 1 atom stereocenters. The first-order valence-corrected chi connectivity index (χ1v) is 7.01. The molecule has 2 aromatic rings. The Bertz CT molecular complexity index is 565. The van der Waals surface area contributed by atoms with Crippen LogP contribution in [0.25, 0.3) is 0 Å². The van der Waals surface area contributed by atoms with Crippen LogP contribution in [-0.4, -0.2) is 14.7 Å². The summed E-state index contributed by atoms with van der Waals surface area (Å²) in [7, 11) is 0. The number of aryl methyl sites for hydroxylation is 1. The maximum atomic E-state index is 9.91. The van der Waals surface area contributed by atoms with Crippen molar-refractivity contribution in [3.8, 4) is 0 Å². The highest BCUT2D eigenvalue weighted by atomic mass is 79.9. The number of fused-ring (bicyclic) bond motifs is 1. The largest absolute Gasteiger partial charge is 0.373 e. The molecule has 0 saturated carbocycles. The van der Waals surface area contributed by atoms with Crippen molar-refractivity contribution >= 4 is 15.9 Å². The third-order valence-corrected chi connectivity index (χ3v) is 4.15. The summed E-state index contributed by atoms with van der Waals surface area (Å²) in [4.78, 5) is 4.62. The van der Waals surface area contributed by atoms with Crippen LogP contribution < -0.4 is 0 Å². The van der Waals surface area contributed by atoms with Crippen molar-refractivity contribution in [1.29, 1.82) is 0 Å². The lowest BCUT2D eigenvalue weighted by atomic mass is 10.1. The van der Waals surface area contributed by atoms with Crippen LogP contribution in [0.1, 0.15) is 36.2 Å². The summed E-state index contributed by atoms with van der Waals surface area (Å²) in [5.74, 6) is 1.01. The fraction of sp³-hybridized carbons (Fsp3) is 0.357. The van der Waals surface area contributed by atoms with Crippen LogP contribution >= 0.6 is 15.9 Å². The molecule has 1 aliphatic heterocycles. The van der Waals surface area contributed by atoms with Crippen molar-refractivity contribution in [2.24, 2.45) is 0 Å². The van der Waals surface area contributed by atoms with Gasteiger partial charge in [0.15, 0.2) is 0 Å². The molecule has 0 bridgehead atoms. The second-order valence-electron chi connectivity index (χ2n) is 4.70. The third-order valence-electron chi connectivity index (χ3n) is 3.37. The van der Waals surface area contributed by atoms with Crippen molar-refractivity contribution in [2.75, 3.05) is 0 Å². The van der Waals surface area contributed by atoms with Gasteiger partial charge in [0.05, 0.1) is 5.69 Å². The minimum absolute atomic E-state index is 0.394. The van der Waals surface area contributed by atoms with Gasteiger partial charge in [-0.15, -0.1) is 0 Å². The van der Waals surface area contributed by atoms with E-state index in [1.165, 1.54) is 5.56 Å². The maximum Gasteiger partial charge on any atom is 0.131 e. The average Bonchev–Trinajstić information content (AvgIpc) is 2.76. The van der Waals surface area contributed by atoms with Gasteiger partial charge in [-0.3, -0.25) is 0 Å². The maximum absolute atomic E-state index is 9.91. The van der Waals surface area contributed by atoms with Crippen molar-refractivity contribution in [2.45, 2.75) is 31.9 Å². The lowest BCUT2D eigenvalue weighted by Gasteiger charge is -2.19. The Morgan fingerprint density at radius 3 is 3.00 bits per heavy atom. The summed E-state index contributed by atoms with van der Waals surface area (Å²) in [5.41, 5.74) is 2.25. The van der Waals surface area contributed by atoms with Crippen LogP contribution in [0.4, 0.5) is 0 Å². The van der Waals surface area contributed by atoms with E-state index in [9.17, 15) is 5.11 Å². The first-order valence-electron chi connectivity index (χ1n) is 6.22. The second kappa shape index (κ2) is 4.86. The van der Waals surface area contributed by atoms with Gasteiger partial charge >= 0.3 is 0 Å². The predicted octanol–water partition coefficient (Wildman–Crippen LogP) is 3.06. The monoisotopic (exact) mass is 306 g/mol. The summed E-state index contributed by atoms with van der Waals surface area (Å²) in [6, 6.07) is 8.18. The number of halogens is 1. The molecule has 1 N–H and O–H groups in total. The molecule has 0 aliphatic carbocycles. The number of hydrogen-bond donors (Lipinski definition) is 1. The average molecular weight is 307 g/mol. The quantitative estimate of drug-likeness (QED) is 0.926. The third kappa shape index (κ3) is 2.22. The molecule has 1 aromatic carbocycles. The van der Waals surface area contributed by atoms with Crippen LogP contribution in [0.15, 0.2) is 34.9 Å². The van der Waals surface area contributed by atoms with Crippen LogP contribution in [0.3, 0.4) is 0 Å². The zero-order chi connectivity index (χ0) is 12.5. The fourth-order valence-electron chi connectivity index (χ4n) is 2.43. The number of rotatable bonds is 2. The number of hydrogen-bond acceptors (Lipinski definition) is 2. The van der Waals surface area contributed by atoms with Gasteiger partial charge in [0.25, 0.3) is 0 Å². The van der Waals surface area contributed by atoms with Gasteiger partial charge < -0.3 is 9.67 Å². The number of nitrogens with zero attached hydrogens (tertiary/aromatic N) is 2. The predicted molar refractivity (Wildman–Crippen MR) is 73.4 cm³/mol. The highest BCUT2D eigenvalue weighted by Crippen LogP contribution is 2.25. The van der Waals surface area contributed by atoms with Gasteiger partial charge in [-0.1, -0.05) is 34.1 Å². The molecule has 2 heterocycles. The Hall–Kier alpha value is -1.13. The summed E-state index contributed by atoms with van der Waals surface area (Å²) in [5, 5.41) is 9.91. The van der Waals surface area contributed by atoms with E-state index in [0.29, 0.717) is 0 Å². The van der Waals surface area contributed by atoms with E-state index in [4.69, 9.17) is 0 Å². The Labute approximate surface area is 115 Å². The molecule has 1 unspecified atom stereocenters. The van der Waals surface area contributed by atoms with Gasteiger partial charge in [0, 0.05) is 23.5 Å². The molecule has 1 aromatic heterocycles. The zero-order valence-corrected chi connectivity index (χ0v) is 11.6. The number of benzene rings is 1. The number of aliphatic hydroxyl groups excluding tert-OH is 1. The van der Waals surface area contributed by atoms with E-state index in [0.717, 1.165) is 41.7 Å². The van der Waals surface area contributed by atoms with E-state index in [1.54, 1.807) is 0 Å². The molecule has 1 aliphatic rings. The van der Waals surface area contributed by atoms with Crippen molar-refractivity contribution < 1.29 is 5.11 Å². The highest BCUT2D eigenvalue weighted by molar-refractivity contribution is 9.10. The van der Waals surface area contributed by atoms with Gasteiger partial charge in [0.1, 0.15) is 12.1 Å². The molecule has 0 amide bonds. The van der Waals surface area contributed by atoms with E-state index < -0.39 is 6.23 Å². The van der Waals surface area contributed by atoms with Gasteiger partial charge in [-0.25, -0.2) is 4.98 Å².